The molecule has 0 aliphatic carbocycles. The number of nitrogens with one attached hydrogen (secondary N) is 3. The maximum Gasteiger partial charge on any atom is 0.416 e. The van der Waals surface area contributed by atoms with Gasteiger partial charge < -0.3 is 20.7 Å². The first-order valence-corrected chi connectivity index (χ1v) is 9.07. The van der Waals surface area contributed by atoms with Crippen molar-refractivity contribution in [1.82, 2.24) is 16.0 Å². The average Bonchev–Trinajstić information content (AvgIpc) is 2.68. The number of halogens is 4. The number of ether oxygens (including phenoxy) is 1. The first-order chi connectivity index (χ1) is 14.2. The third kappa shape index (κ3) is 8.38. The molecule has 0 unspecified atom stereocenters. The summed E-state index contributed by atoms with van der Waals surface area (Å²) in [5.41, 5.74) is -0.221. The minimum Gasteiger partial charge on any atom is -0.492 e. The van der Waals surface area contributed by atoms with Crippen LogP contribution in [0.4, 0.5) is 22.4 Å². The minimum atomic E-state index is -4.41. The molecule has 162 valence electrons. The molecule has 2 aromatic rings. The zero-order valence-corrected chi connectivity index (χ0v) is 15.9. The van der Waals surface area contributed by atoms with Crippen molar-refractivity contribution in [2.24, 2.45) is 0 Å². The van der Waals surface area contributed by atoms with Gasteiger partial charge in [0.1, 0.15) is 18.2 Å². The SMILES string of the molecule is O=C(Cc1cccc(F)c1)NCCNC(=O)NCCOc1ccc(C(F)(F)F)cc1. The molecule has 0 heterocycles. The largest absolute Gasteiger partial charge is 0.492 e. The standard InChI is InChI=1S/C20H21F4N3O3/c21-16-3-1-2-14(12-16)13-18(28)25-8-9-26-19(29)27-10-11-30-17-6-4-15(5-7-17)20(22,23)24/h1-7,12H,8-11,13H2,(H,25,28)(H2,26,27,29). The molecular weight excluding hydrogens is 406 g/mol. The monoisotopic (exact) mass is 427 g/mol. The number of carbonyl (C=O) groups is 2. The van der Waals surface area contributed by atoms with E-state index < -0.39 is 23.6 Å². The highest BCUT2D eigenvalue weighted by atomic mass is 19.4. The van der Waals surface area contributed by atoms with Crippen LogP contribution < -0.4 is 20.7 Å². The van der Waals surface area contributed by atoms with Crippen molar-refractivity contribution >= 4 is 11.9 Å². The van der Waals surface area contributed by atoms with Crippen molar-refractivity contribution in [1.29, 1.82) is 0 Å². The van der Waals surface area contributed by atoms with Crippen LogP contribution >= 0.6 is 0 Å². The third-order valence-corrected chi connectivity index (χ3v) is 3.82. The number of hydrogen-bond donors (Lipinski definition) is 3. The van der Waals surface area contributed by atoms with E-state index in [0.717, 1.165) is 12.1 Å². The molecule has 0 saturated carbocycles. The molecular formula is C20H21F4N3O3. The van der Waals surface area contributed by atoms with Gasteiger partial charge in [-0.3, -0.25) is 4.79 Å². The van der Waals surface area contributed by atoms with Crippen molar-refractivity contribution in [3.8, 4) is 5.75 Å². The Hall–Kier alpha value is -3.30. The van der Waals surface area contributed by atoms with Crippen molar-refractivity contribution < 1.29 is 31.9 Å². The molecule has 0 aliphatic heterocycles. The van der Waals surface area contributed by atoms with Gasteiger partial charge in [0.05, 0.1) is 18.5 Å². The molecule has 0 aromatic heterocycles. The van der Waals surface area contributed by atoms with Gasteiger partial charge in [0.2, 0.25) is 5.91 Å². The van der Waals surface area contributed by atoms with Crippen LogP contribution in [0.3, 0.4) is 0 Å². The van der Waals surface area contributed by atoms with E-state index in [2.05, 4.69) is 16.0 Å². The van der Waals surface area contributed by atoms with E-state index in [0.29, 0.717) is 5.56 Å². The van der Waals surface area contributed by atoms with Crippen molar-refractivity contribution in [3.63, 3.8) is 0 Å². The van der Waals surface area contributed by atoms with Gasteiger partial charge in [0, 0.05) is 13.1 Å². The summed E-state index contributed by atoms with van der Waals surface area (Å²) in [6, 6.07) is 9.48. The summed E-state index contributed by atoms with van der Waals surface area (Å²) in [7, 11) is 0. The number of benzene rings is 2. The molecule has 0 saturated heterocycles. The van der Waals surface area contributed by atoms with Crippen LogP contribution in [0, 0.1) is 5.82 Å². The molecule has 2 aromatic carbocycles. The maximum absolute atomic E-state index is 13.1. The molecule has 6 nitrogen and oxygen atoms in total. The summed E-state index contributed by atoms with van der Waals surface area (Å²) in [5.74, 6) is -0.458. The molecule has 3 amide bonds. The fourth-order valence-corrected chi connectivity index (χ4v) is 2.41. The van der Waals surface area contributed by atoms with Crippen LogP contribution in [0.15, 0.2) is 48.5 Å². The number of alkyl halides is 3. The van der Waals surface area contributed by atoms with Crippen LogP contribution in [0.25, 0.3) is 0 Å². The lowest BCUT2D eigenvalue weighted by Crippen LogP contribution is -2.41. The van der Waals surface area contributed by atoms with Gasteiger partial charge in [-0.15, -0.1) is 0 Å². The topological polar surface area (TPSA) is 79.5 Å². The number of amides is 3. The van der Waals surface area contributed by atoms with Gasteiger partial charge in [-0.1, -0.05) is 12.1 Å². The van der Waals surface area contributed by atoms with Gasteiger partial charge in [-0.25, -0.2) is 9.18 Å². The Bertz CT molecular complexity index is 842. The number of rotatable bonds is 9. The summed E-state index contributed by atoms with van der Waals surface area (Å²) >= 11 is 0. The van der Waals surface area contributed by atoms with E-state index in [1.54, 1.807) is 6.07 Å². The van der Waals surface area contributed by atoms with E-state index in [1.165, 1.54) is 30.3 Å². The highest BCUT2D eigenvalue weighted by Gasteiger charge is 2.29. The summed E-state index contributed by atoms with van der Waals surface area (Å²) < 4.78 is 55.7. The molecule has 0 radical (unpaired) electrons. The lowest BCUT2D eigenvalue weighted by molar-refractivity contribution is -0.137. The zero-order chi connectivity index (χ0) is 22.0. The predicted octanol–water partition coefficient (Wildman–Crippen LogP) is 2.88. The lowest BCUT2D eigenvalue weighted by atomic mass is 10.1. The normalized spacial score (nSPS) is 10.9. The van der Waals surface area contributed by atoms with Gasteiger partial charge in [-0.2, -0.15) is 13.2 Å². The Kier molecular flexibility index (Phi) is 8.45. The van der Waals surface area contributed by atoms with Gasteiger partial charge in [0.25, 0.3) is 0 Å². The van der Waals surface area contributed by atoms with Gasteiger partial charge in [-0.05, 0) is 42.0 Å². The highest BCUT2D eigenvalue weighted by molar-refractivity contribution is 5.78. The predicted molar refractivity (Wildman–Crippen MR) is 101 cm³/mol. The summed E-state index contributed by atoms with van der Waals surface area (Å²) in [5, 5.41) is 7.64. The zero-order valence-electron chi connectivity index (χ0n) is 15.9. The van der Waals surface area contributed by atoms with E-state index >= 15 is 0 Å². The first kappa shape index (κ1) is 23.0. The summed E-state index contributed by atoms with van der Waals surface area (Å²) in [4.78, 5) is 23.4. The molecule has 2 rings (SSSR count). The molecule has 0 atom stereocenters. The van der Waals surface area contributed by atoms with E-state index in [4.69, 9.17) is 4.74 Å². The Morgan fingerprint density at radius 2 is 1.57 bits per heavy atom. The van der Waals surface area contributed by atoms with Crippen molar-refractivity contribution in [2.75, 3.05) is 26.2 Å². The van der Waals surface area contributed by atoms with Gasteiger partial charge in [0.15, 0.2) is 0 Å². The summed E-state index contributed by atoms with van der Waals surface area (Å²) in [6.07, 6.45) is -4.37. The molecule has 3 N–H and O–H groups in total. The smallest absolute Gasteiger partial charge is 0.416 e. The van der Waals surface area contributed by atoms with E-state index in [9.17, 15) is 27.2 Å². The van der Waals surface area contributed by atoms with Crippen molar-refractivity contribution in [3.05, 3.63) is 65.5 Å². The molecule has 10 heteroatoms. The fraction of sp³-hybridized carbons (Fsp3) is 0.300. The number of urea groups is 1. The Labute approximate surface area is 170 Å². The number of hydrogen-bond acceptors (Lipinski definition) is 3. The number of carbonyl (C=O) groups excluding carboxylic acids is 2. The van der Waals surface area contributed by atoms with Crippen LogP contribution in [-0.4, -0.2) is 38.2 Å². The highest BCUT2D eigenvalue weighted by Crippen LogP contribution is 2.30. The Morgan fingerprint density at radius 1 is 0.900 bits per heavy atom. The van der Waals surface area contributed by atoms with Crippen LogP contribution in [0.5, 0.6) is 5.75 Å². The van der Waals surface area contributed by atoms with Crippen LogP contribution in [-0.2, 0) is 17.4 Å². The van der Waals surface area contributed by atoms with Crippen LogP contribution in [0.1, 0.15) is 11.1 Å². The van der Waals surface area contributed by atoms with Gasteiger partial charge >= 0.3 is 12.2 Å². The lowest BCUT2D eigenvalue weighted by Gasteiger charge is -2.11. The van der Waals surface area contributed by atoms with E-state index in [-0.39, 0.29) is 44.3 Å². The summed E-state index contributed by atoms with van der Waals surface area (Å²) in [6.45, 7) is 0.589. The first-order valence-electron chi connectivity index (χ1n) is 9.07. The fourth-order valence-electron chi connectivity index (χ4n) is 2.41. The Morgan fingerprint density at radius 3 is 2.23 bits per heavy atom. The second-order valence-electron chi connectivity index (χ2n) is 6.21. The molecule has 0 aliphatic rings. The Balaban J connectivity index is 1.54. The second kappa shape index (κ2) is 11.0. The van der Waals surface area contributed by atoms with Crippen molar-refractivity contribution in [2.45, 2.75) is 12.6 Å². The third-order valence-electron chi connectivity index (χ3n) is 3.82. The average molecular weight is 427 g/mol. The second-order valence-corrected chi connectivity index (χ2v) is 6.21. The van der Waals surface area contributed by atoms with Crippen LogP contribution in [0.2, 0.25) is 0 Å². The molecule has 0 spiro atoms. The maximum atomic E-state index is 13.1. The minimum absolute atomic E-state index is 0.0330. The molecule has 0 fully saturated rings. The quantitative estimate of drug-likeness (QED) is 0.425. The molecule has 30 heavy (non-hydrogen) atoms. The van der Waals surface area contributed by atoms with E-state index in [1.807, 2.05) is 0 Å². The molecule has 0 bridgehead atoms.